The number of hydrogen-bond acceptors (Lipinski definition) is 5. The average molecular weight is 552 g/mol. The molecule has 3 aromatic carbocycles. The van der Waals surface area contributed by atoms with Crippen molar-refractivity contribution in [2.45, 2.75) is 25.9 Å². The van der Waals surface area contributed by atoms with Gasteiger partial charge in [0.05, 0.1) is 42.8 Å². The van der Waals surface area contributed by atoms with Crippen LogP contribution in [0.15, 0.2) is 90.8 Å². The van der Waals surface area contributed by atoms with Crippen LogP contribution in [0.2, 0.25) is 0 Å². The van der Waals surface area contributed by atoms with Gasteiger partial charge in [-0.1, -0.05) is 24.3 Å². The van der Waals surface area contributed by atoms with Crippen molar-refractivity contribution in [1.82, 2.24) is 10.3 Å². The first-order valence-corrected chi connectivity index (χ1v) is 13.3. The summed E-state index contributed by atoms with van der Waals surface area (Å²) in [6.45, 7) is 2.02. The number of halogens is 2. The number of nitrogens with zero attached hydrogens (tertiary/aromatic N) is 2. The predicted octanol–water partition coefficient (Wildman–Crippen LogP) is 6.23. The molecule has 2 heterocycles. The molecule has 1 aromatic heterocycles. The predicted molar refractivity (Wildman–Crippen MR) is 152 cm³/mol. The zero-order chi connectivity index (χ0) is 28.7. The van der Waals surface area contributed by atoms with E-state index in [4.69, 9.17) is 4.74 Å². The number of hydrogen-bond donors (Lipinski definition) is 1. The standard InChI is InChI=1S/C33H27F2N3O3/c1-19-31(33(40)37-32(26-16-30(26)39)21-5-3-6-22(34)15-21)25-7-4-8-28(35)27(25)18-38(19)23-11-14-29(36-17-23)20-9-12-24(41-2)13-10-20/h3-15,17,26,32H,16,18H2,1-2H3,(H,37,40)/t26?,32-/m1/s1. The lowest BCUT2D eigenvalue weighted by atomic mass is 9.91. The summed E-state index contributed by atoms with van der Waals surface area (Å²) < 4.78 is 34.4. The van der Waals surface area contributed by atoms with Crippen LogP contribution in [0.3, 0.4) is 0 Å². The molecule has 0 spiro atoms. The van der Waals surface area contributed by atoms with Gasteiger partial charge in [0.25, 0.3) is 5.91 Å². The Morgan fingerprint density at radius 2 is 1.80 bits per heavy atom. The molecule has 41 heavy (non-hydrogen) atoms. The van der Waals surface area contributed by atoms with Crippen molar-refractivity contribution in [1.29, 1.82) is 0 Å². The number of allylic oxidation sites excluding steroid dienone is 1. The van der Waals surface area contributed by atoms with Crippen LogP contribution in [-0.2, 0) is 16.1 Å². The van der Waals surface area contributed by atoms with Gasteiger partial charge >= 0.3 is 0 Å². The van der Waals surface area contributed by atoms with E-state index in [1.807, 2.05) is 41.3 Å². The number of amides is 1. The summed E-state index contributed by atoms with van der Waals surface area (Å²) in [7, 11) is 1.61. The normalized spacial score (nSPS) is 16.7. The SMILES string of the molecule is COc1ccc(-c2ccc(N3Cc4c(F)cccc4C(C(=O)N[C@H](c4cccc(F)c4)C4CC4=O)=C3C)cn2)cc1. The van der Waals surface area contributed by atoms with Crippen molar-refractivity contribution in [2.24, 2.45) is 5.92 Å². The molecule has 6 rings (SSSR count). The number of rotatable bonds is 7. The monoisotopic (exact) mass is 551 g/mol. The van der Waals surface area contributed by atoms with E-state index in [-0.39, 0.29) is 12.3 Å². The van der Waals surface area contributed by atoms with Crippen LogP contribution in [0.5, 0.6) is 5.75 Å². The van der Waals surface area contributed by atoms with Gasteiger partial charge in [-0.15, -0.1) is 0 Å². The first kappa shape index (κ1) is 26.4. The molecule has 206 valence electrons. The van der Waals surface area contributed by atoms with Gasteiger partial charge in [0.15, 0.2) is 0 Å². The number of aromatic nitrogens is 1. The van der Waals surface area contributed by atoms with Gasteiger partial charge in [-0.3, -0.25) is 14.6 Å². The Morgan fingerprint density at radius 1 is 1.05 bits per heavy atom. The average Bonchev–Trinajstić information content (AvgIpc) is 3.71. The van der Waals surface area contributed by atoms with Crippen molar-refractivity contribution in [2.75, 3.05) is 12.0 Å². The highest BCUT2D eigenvalue weighted by atomic mass is 19.1. The number of carbonyl (C=O) groups excluding carboxylic acids is 2. The van der Waals surface area contributed by atoms with Crippen LogP contribution in [0.1, 0.15) is 36.1 Å². The van der Waals surface area contributed by atoms with E-state index < -0.39 is 29.5 Å². The molecule has 1 amide bonds. The molecule has 2 atom stereocenters. The fourth-order valence-electron chi connectivity index (χ4n) is 5.40. The maximum atomic E-state index is 15.1. The van der Waals surface area contributed by atoms with E-state index in [2.05, 4.69) is 10.3 Å². The molecular weight excluding hydrogens is 524 g/mol. The summed E-state index contributed by atoms with van der Waals surface area (Å²) in [6, 6.07) is 21.2. The van der Waals surface area contributed by atoms with Gasteiger partial charge < -0.3 is 15.0 Å². The lowest BCUT2D eigenvalue weighted by Crippen LogP contribution is -2.36. The fraction of sp³-hybridized carbons (Fsp3) is 0.182. The van der Waals surface area contributed by atoms with Gasteiger partial charge in [0.2, 0.25) is 0 Å². The van der Waals surface area contributed by atoms with Crippen LogP contribution < -0.4 is 15.0 Å². The molecular formula is C33H27F2N3O3. The van der Waals surface area contributed by atoms with Gasteiger partial charge in [0, 0.05) is 29.2 Å². The Labute approximate surface area is 236 Å². The topological polar surface area (TPSA) is 71.5 Å². The minimum Gasteiger partial charge on any atom is -0.497 e. The summed E-state index contributed by atoms with van der Waals surface area (Å²) >= 11 is 0. The van der Waals surface area contributed by atoms with Gasteiger partial charge in [-0.2, -0.15) is 0 Å². The Morgan fingerprint density at radius 3 is 2.46 bits per heavy atom. The van der Waals surface area contributed by atoms with E-state index >= 15 is 4.39 Å². The van der Waals surface area contributed by atoms with Gasteiger partial charge in [-0.25, -0.2) is 8.78 Å². The molecule has 1 saturated carbocycles. The van der Waals surface area contributed by atoms with Crippen molar-refractivity contribution in [3.8, 4) is 17.0 Å². The first-order valence-electron chi connectivity index (χ1n) is 13.3. The van der Waals surface area contributed by atoms with Crippen LogP contribution in [0, 0.1) is 17.6 Å². The molecule has 1 N–H and O–H groups in total. The minimum absolute atomic E-state index is 0.00463. The third-order valence-electron chi connectivity index (χ3n) is 7.71. The highest BCUT2D eigenvalue weighted by molar-refractivity contribution is 6.22. The smallest absolute Gasteiger partial charge is 0.254 e. The first-order chi connectivity index (χ1) is 19.8. The molecule has 0 bridgehead atoms. The largest absolute Gasteiger partial charge is 0.497 e. The molecule has 2 aliphatic rings. The number of benzene rings is 3. The van der Waals surface area contributed by atoms with Gasteiger partial charge in [0.1, 0.15) is 23.2 Å². The van der Waals surface area contributed by atoms with E-state index in [0.717, 1.165) is 17.0 Å². The summed E-state index contributed by atoms with van der Waals surface area (Å²) in [4.78, 5) is 32.5. The van der Waals surface area contributed by atoms with E-state index in [1.54, 1.807) is 44.5 Å². The second-order valence-corrected chi connectivity index (χ2v) is 10.2. The molecule has 0 radical (unpaired) electrons. The molecule has 1 aliphatic carbocycles. The number of fused-ring (bicyclic) bond motifs is 1. The quantitative estimate of drug-likeness (QED) is 0.295. The zero-order valence-electron chi connectivity index (χ0n) is 22.5. The number of Topliss-reactive ketones (excluding diaryl/α,β-unsaturated/α-hetero) is 1. The van der Waals surface area contributed by atoms with Crippen LogP contribution >= 0.6 is 0 Å². The summed E-state index contributed by atoms with van der Waals surface area (Å²) in [5, 5.41) is 2.97. The lowest BCUT2D eigenvalue weighted by Gasteiger charge is -2.34. The van der Waals surface area contributed by atoms with Crippen molar-refractivity contribution in [3.63, 3.8) is 0 Å². The van der Waals surface area contributed by atoms with Crippen molar-refractivity contribution in [3.05, 3.63) is 119 Å². The highest BCUT2D eigenvalue weighted by Crippen LogP contribution is 2.40. The molecule has 1 unspecified atom stereocenters. The molecule has 0 saturated heterocycles. The zero-order valence-corrected chi connectivity index (χ0v) is 22.5. The van der Waals surface area contributed by atoms with Gasteiger partial charge in [-0.05, 0) is 72.6 Å². The second-order valence-electron chi connectivity index (χ2n) is 10.2. The summed E-state index contributed by atoms with van der Waals surface area (Å²) in [5.41, 5.74) is 4.64. The summed E-state index contributed by atoms with van der Waals surface area (Å²) in [6.07, 6.45) is 2.01. The Bertz CT molecular complexity index is 1680. The maximum Gasteiger partial charge on any atom is 0.254 e. The number of nitrogens with one attached hydrogen (secondary N) is 1. The van der Waals surface area contributed by atoms with Crippen molar-refractivity contribution >= 4 is 23.0 Å². The van der Waals surface area contributed by atoms with E-state index in [9.17, 15) is 14.0 Å². The fourth-order valence-corrected chi connectivity index (χ4v) is 5.40. The second kappa shape index (κ2) is 10.6. The van der Waals surface area contributed by atoms with E-state index in [1.165, 1.54) is 18.2 Å². The minimum atomic E-state index is -0.691. The molecule has 8 heteroatoms. The Kier molecular flexibility index (Phi) is 6.83. The molecule has 6 nitrogen and oxygen atoms in total. The Balaban J connectivity index is 1.36. The number of anilines is 1. The molecule has 1 fully saturated rings. The number of ether oxygens (including phenoxy) is 1. The number of pyridine rings is 1. The van der Waals surface area contributed by atoms with Crippen LogP contribution in [0.4, 0.5) is 14.5 Å². The Hall–Kier alpha value is -4.85. The number of methoxy groups -OCH3 is 1. The van der Waals surface area contributed by atoms with Crippen LogP contribution in [0.25, 0.3) is 16.8 Å². The summed E-state index contributed by atoms with van der Waals surface area (Å²) in [5.74, 6) is -1.01. The van der Waals surface area contributed by atoms with E-state index in [0.29, 0.717) is 40.1 Å². The molecule has 4 aromatic rings. The number of carbonyl (C=O) groups is 2. The third-order valence-corrected chi connectivity index (χ3v) is 7.71. The lowest BCUT2D eigenvalue weighted by molar-refractivity contribution is -0.116. The van der Waals surface area contributed by atoms with Crippen molar-refractivity contribution < 1.29 is 23.1 Å². The van der Waals surface area contributed by atoms with Crippen LogP contribution in [-0.4, -0.2) is 23.8 Å². The molecule has 1 aliphatic heterocycles. The third kappa shape index (κ3) is 5.09. The highest BCUT2D eigenvalue weighted by Gasteiger charge is 2.44. The number of ketones is 1. The maximum absolute atomic E-state index is 15.1.